The summed E-state index contributed by atoms with van der Waals surface area (Å²) in [5.74, 6) is -3.38. The summed E-state index contributed by atoms with van der Waals surface area (Å²) < 4.78 is 5.75. The van der Waals surface area contributed by atoms with Gasteiger partial charge in [0.05, 0.1) is 6.61 Å². The minimum absolute atomic E-state index is 0.00673. The van der Waals surface area contributed by atoms with Gasteiger partial charge in [0.25, 0.3) is 0 Å². The third-order valence-electron chi connectivity index (χ3n) is 5.88. The molecule has 1 aromatic rings. The molecule has 0 radical (unpaired) electrons. The van der Waals surface area contributed by atoms with Crippen LogP contribution in [0.15, 0.2) is 24.3 Å². The van der Waals surface area contributed by atoms with Gasteiger partial charge in [-0.05, 0) is 63.3 Å². The number of carboxylic acids is 2. The SMILES string of the molecule is CCN(CC)CCNC(=O)N(CCCCOc1ccc(C(N)=O)cc1)CCN(CC)CC.O=C(O)C(=O)O. The van der Waals surface area contributed by atoms with Crippen molar-refractivity contribution in [3.05, 3.63) is 29.8 Å². The number of hydrogen-bond donors (Lipinski definition) is 4. The number of benzene rings is 1. The first kappa shape index (κ1) is 34.6. The van der Waals surface area contributed by atoms with Crippen LogP contribution >= 0.6 is 0 Å². The van der Waals surface area contributed by atoms with E-state index in [1.54, 1.807) is 24.3 Å². The fraction of sp³-hybridized carbons (Fsp3) is 0.615. The molecule has 0 bridgehead atoms. The van der Waals surface area contributed by atoms with Crippen LogP contribution in [0.3, 0.4) is 0 Å². The Hall–Kier alpha value is -3.38. The van der Waals surface area contributed by atoms with Gasteiger partial charge in [0.15, 0.2) is 0 Å². The van der Waals surface area contributed by atoms with Crippen LogP contribution in [0, 0.1) is 0 Å². The van der Waals surface area contributed by atoms with Crippen LogP contribution in [-0.4, -0.2) is 114 Å². The van der Waals surface area contributed by atoms with Crippen molar-refractivity contribution in [1.82, 2.24) is 20.0 Å². The summed E-state index contributed by atoms with van der Waals surface area (Å²) in [7, 11) is 0. The number of rotatable bonds is 17. The Morgan fingerprint density at radius 2 is 1.32 bits per heavy atom. The number of ether oxygens (including phenoxy) is 1. The number of aliphatic carboxylic acids is 2. The smallest absolute Gasteiger partial charge is 0.414 e. The van der Waals surface area contributed by atoms with Crippen LogP contribution in [0.5, 0.6) is 5.75 Å². The summed E-state index contributed by atoms with van der Waals surface area (Å²) in [5.41, 5.74) is 5.72. The van der Waals surface area contributed by atoms with Gasteiger partial charge in [-0.3, -0.25) is 4.79 Å². The Balaban J connectivity index is 0.00000203. The second-order valence-electron chi connectivity index (χ2n) is 8.33. The quantitative estimate of drug-likeness (QED) is 0.170. The largest absolute Gasteiger partial charge is 0.494 e. The van der Waals surface area contributed by atoms with Gasteiger partial charge < -0.3 is 40.7 Å². The molecule has 0 heterocycles. The fourth-order valence-electron chi connectivity index (χ4n) is 3.40. The van der Waals surface area contributed by atoms with E-state index in [4.69, 9.17) is 30.3 Å². The zero-order chi connectivity index (χ0) is 28.9. The Bertz CT molecular complexity index is 816. The van der Waals surface area contributed by atoms with E-state index >= 15 is 0 Å². The van der Waals surface area contributed by atoms with E-state index in [2.05, 4.69) is 42.8 Å². The van der Waals surface area contributed by atoms with Gasteiger partial charge >= 0.3 is 18.0 Å². The maximum absolute atomic E-state index is 12.8. The lowest BCUT2D eigenvalue weighted by Crippen LogP contribution is -2.46. The molecular weight excluding hydrogens is 494 g/mol. The standard InChI is InChI=1S/C24H43N5O3.C2H2O4/c1-5-27(6-2)17-15-26-24(31)29(19-18-28(7-3)8-4)16-9-10-20-32-22-13-11-21(12-14-22)23(25)30;3-1(4)2(5)6/h11-14H,5-10,15-20H2,1-4H3,(H2,25,30)(H,26,31);(H,3,4)(H,5,6). The summed E-state index contributed by atoms with van der Waals surface area (Å²) in [5, 5.41) is 17.9. The lowest BCUT2D eigenvalue weighted by atomic mass is 10.2. The van der Waals surface area contributed by atoms with E-state index in [1.165, 1.54) is 0 Å². The highest BCUT2D eigenvalue weighted by atomic mass is 16.5. The summed E-state index contributed by atoms with van der Waals surface area (Å²) in [6.07, 6.45) is 1.70. The molecule has 0 aliphatic rings. The van der Waals surface area contributed by atoms with Crippen molar-refractivity contribution in [2.45, 2.75) is 40.5 Å². The number of carbonyl (C=O) groups excluding carboxylic acids is 2. The monoisotopic (exact) mass is 539 g/mol. The van der Waals surface area contributed by atoms with Crippen LogP contribution in [0.2, 0.25) is 0 Å². The predicted molar refractivity (Wildman–Crippen MR) is 146 cm³/mol. The van der Waals surface area contributed by atoms with Crippen molar-refractivity contribution in [2.24, 2.45) is 5.73 Å². The first-order valence-electron chi connectivity index (χ1n) is 13.1. The van der Waals surface area contributed by atoms with Crippen molar-refractivity contribution in [3.63, 3.8) is 0 Å². The number of amides is 3. The second-order valence-corrected chi connectivity index (χ2v) is 8.33. The fourth-order valence-corrected chi connectivity index (χ4v) is 3.40. The third-order valence-corrected chi connectivity index (χ3v) is 5.88. The zero-order valence-electron chi connectivity index (χ0n) is 23.1. The van der Waals surface area contributed by atoms with E-state index < -0.39 is 17.8 Å². The number of carbonyl (C=O) groups is 4. The number of nitrogens with zero attached hydrogens (tertiary/aromatic N) is 3. The molecule has 0 aromatic heterocycles. The minimum atomic E-state index is -1.82. The van der Waals surface area contributed by atoms with Crippen LogP contribution in [0.25, 0.3) is 0 Å². The van der Waals surface area contributed by atoms with E-state index in [0.717, 1.165) is 52.1 Å². The molecule has 0 fully saturated rings. The maximum Gasteiger partial charge on any atom is 0.414 e. The van der Waals surface area contributed by atoms with Crippen molar-refractivity contribution in [1.29, 1.82) is 0 Å². The number of nitrogens with one attached hydrogen (secondary N) is 1. The first-order valence-corrected chi connectivity index (χ1v) is 13.1. The number of nitrogens with two attached hydrogens (primary N) is 1. The summed E-state index contributed by atoms with van der Waals surface area (Å²) >= 11 is 0. The van der Waals surface area contributed by atoms with Gasteiger partial charge in [-0.1, -0.05) is 27.7 Å². The minimum Gasteiger partial charge on any atom is -0.494 e. The van der Waals surface area contributed by atoms with E-state index in [0.29, 0.717) is 37.6 Å². The number of carboxylic acid groups (broad SMARTS) is 2. The normalized spacial score (nSPS) is 10.5. The first-order chi connectivity index (χ1) is 18.1. The molecule has 0 saturated carbocycles. The third kappa shape index (κ3) is 15.7. The van der Waals surface area contributed by atoms with Crippen molar-refractivity contribution >= 4 is 23.9 Å². The zero-order valence-corrected chi connectivity index (χ0v) is 23.1. The Labute approximate surface area is 225 Å². The lowest BCUT2D eigenvalue weighted by molar-refractivity contribution is -0.159. The summed E-state index contributed by atoms with van der Waals surface area (Å²) in [6.45, 7) is 16.9. The van der Waals surface area contributed by atoms with Gasteiger partial charge in [-0.2, -0.15) is 0 Å². The number of unbranched alkanes of at least 4 members (excludes halogenated alkanes) is 1. The Kier molecular flexibility index (Phi) is 18.8. The van der Waals surface area contributed by atoms with Crippen LogP contribution in [0.1, 0.15) is 50.9 Å². The predicted octanol–water partition coefficient (Wildman–Crippen LogP) is 1.80. The highest BCUT2D eigenvalue weighted by molar-refractivity contribution is 6.27. The summed E-state index contributed by atoms with van der Waals surface area (Å²) in [6, 6.07) is 6.83. The average Bonchev–Trinajstić information content (AvgIpc) is 2.90. The number of hydrogen-bond acceptors (Lipinski definition) is 7. The van der Waals surface area contributed by atoms with Crippen molar-refractivity contribution in [2.75, 3.05) is 65.5 Å². The molecule has 12 heteroatoms. The highest BCUT2D eigenvalue weighted by Crippen LogP contribution is 2.12. The van der Waals surface area contributed by atoms with Crippen molar-refractivity contribution < 1.29 is 34.1 Å². The van der Waals surface area contributed by atoms with Crippen LogP contribution < -0.4 is 15.8 Å². The molecule has 3 amide bonds. The average molecular weight is 540 g/mol. The molecule has 0 aliphatic carbocycles. The molecule has 0 atom stereocenters. The van der Waals surface area contributed by atoms with Crippen molar-refractivity contribution in [3.8, 4) is 5.75 Å². The molecule has 0 aliphatic heterocycles. The van der Waals surface area contributed by atoms with E-state index in [-0.39, 0.29) is 6.03 Å². The van der Waals surface area contributed by atoms with Gasteiger partial charge in [0.2, 0.25) is 5.91 Å². The Morgan fingerprint density at radius 1 is 0.789 bits per heavy atom. The molecule has 0 saturated heterocycles. The topological polar surface area (TPSA) is 166 Å². The molecule has 1 rings (SSSR count). The summed E-state index contributed by atoms with van der Waals surface area (Å²) in [4.78, 5) is 48.6. The van der Waals surface area contributed by atoms with Crippen LogP contribution in [0.4, 0.5) is 4.79 Å². The molecule has 38 heavy (non-hydrogen) atoms. The Morgan fingerprint density at radius 3 is 1.79 bits per heavy atom. The molecule has 1 aromatic carbocycles. The van der Waals surface area contributed by atoms with Gasteiger partial charge in [0.1, 0.15) is 5.75 Å². The van der Waals surface area contributed by atoms with Gasteiger partial charge in [0, 0.05) is 38.3 Å². The number of likely N-dealkylation sites (N-methyl/N-ethyl adjacent to an activating group) is 2. The van der Waals surface area contributed by atoms with Gasteiger partial charge in [-0.15, -0.1) is 0 Å². The number of urea groups is 1. The van der Waals surface area contributed by atoms with Gasteiger partial charge in [-0.25, -0.2) is 14.4 Å². The highest BCUT2D eigenvalue weighted by Gasteiger charge is 2.14. The molecule has 0 spiro atoms. The maximum atomic E-state index is 12.8. The molecular formula is C26H45N5O7. The van der Waals surface area contributed by atoms with Crippen LogP contribution in [-0.2, 0) is 9.59 Å². The van der Waals surface area contributed by atoms with E-state index in [9.17, 15) is 9.59 Å². The lowest BCUT2D eigenvalue weighted by Gasteiger charge is -2.27. The molecule has 12 nitrogen and oxygen atoms in total. The molecule has 0 unspecified atom stereocenters. The molecule has 5 N–H and O–H groups in total. The number of primary amides is 1. The van der Waals surface area contributed by atoms with E-state index in [1.807, 2.05) is 4.90 Å². The molecule has 216 valence electrons. The second kappa shape index (κ2) is 20.7.